The molecule has 1 aromatic carbocycles. The van der Waals surface area contributed by atoms with Gasteiger partial charge in [0.05, 0.1) is 24.8 Å². The van der Waals surface area contributed by atoms with E-state index in [-0.39, 0.29) is 11.0 Å². The number of fused-ring (bicyclic) bond motifs is 1. The molecule has 172 valence electrons. The highest BCUT2D eigenvalue weighted by Gasteiger charge is 2.27. The minimum absolute atomic E-state index is 0.117. The first-order chi connectivity index (χ1) is 15.3. The van der Waals surface area contributed by atoms with E-state index < -0.39 is 5.97 Å². The van der Waals surface area contributed by atoms with Crippen molar-refractivity contribution in [2.45, 2.75) is 46.0 Å². The number of amides is 1. The highest BCUT2D eigenvalue weighted by Crippen LogP contribution is 2.38. The van der Waals surface area contributed by atoms with Crippen molar-refractivity contribution in [3.63, 3.8) is 0 Å². The molecule has 0 aliphatic heterocycles. The smallest absolute Gasteiger partial charge is 0.341 e. The molecular weight excluding hydrogens is 512 g/mol. The normalized spacial score (nSPS) is 12.8. The van der Waals surface area contributed by atoms with Crippen molar-refractivity contribution in [3.05, 3.63) is 44.2 Å². The number of anilines is 1. The first-order valence-corrected chi connectivity index (χ1v) is 12.6. The fourth-order valence-corrected chi connectivity index (χ4v) is 5.39. The Morgan fingerprint density at radius 2 is 2.00 bits per heavy atom. The number of nitrogens with one attached hydrogen (secondary N) is 2. The largest absolute Gasteiger partial charge is 0.493 e. The van der Waals surface area contributed by atoms with E-state index in [0.29, 0.717) is 34.4 Å². The van der Waals surface area contributed by atoms with Crippen molar-refractivity contribution in [1.82, 2.24) is 5.32 Å². The third-order valence-corrected chi connectivity index (χ3v) is 7.06. The van der Waals surface area contributed by atoms with Gasteiger partial charge in [-0.05, 0) is 74.0 Å². The Morgan fingerprint density at radius 1 is 1.25 bits per heavy atom. The summed E-state index contributed by atoms with van der Waals surface area (Å²) in [7, 11) is 1.37. The van der Waals surface area contributed by atoms with Gasteiger partial charge >= 0.3 is 5.97 Å². The van der Waals surface area contributed by atoms with Crippen LogP contribution in [-0.2, 0) is 17.6 Å². The van der Waals surface area contributed by atoms with Crippen molar-refractivity contribution < 1.29 is 19.1 Å². The number of thiocarbonyl (C=S) groups is 1. The Hall–Kier alpha value is -1.97. The molecule has 32 heavy (non-hydrogen) atoms. The molecule has 9 heteroatoms. The Kier molecular flexibility index (Phi) is 8.67. The summed E-state index contributed by atoms with van der Waals surface area (Å²) in [5, 5.41) is 6.48. The number of carbonyl (C=O) groups is 2. The van der Waals surface area contributed by atoms with Crippen LogP contribution in [0, 0.1) is 5.92 Å². The molecule has 0 bridgehead atoms. The van der Waals surface area contributed by atoms with E-state index in [1.807, 2.05) is 6.07 Å². The van der Waals surface area contributed by atoms with Crippen molar-refractivity contribution in [2.75, 3.05) is 19.0 Å². The molecule has 1 aliphatic carbocycles. The summed E-state index contributed by atoms with van der Waals surface area (Å²) in [5.74, 6) is 0.217. The number of ether oxygens (including phenoxy) is 2. The molecule has 1 aliphatic rings. The number of methoxy groups -OCH3 is 1. The first kappa shape index (κ1) is 24.7. The van der Waals surface area contributed by atoms with Crippen LogP contribution >= 0.6 is 39.5 Å². The predicted octanol–water partition coefficient (Wildman–Crippen LogP) is 5.73. The number of halogens is 1. The van der Waals surface area contributed by atoms with E-state index in [0.717, 1.165) is 42.1 Å². The molecule has 2 aromatic rings. The Labute approximate surface area is 206 Å². The number of benzene rings is 1. The number of hydrogen-bond acceptors (Lipinski definition) is 6. The van der Waals surface area contributed by atoms with E-state index in [2.05, 4.69) is 40.4 Å². The maximum Gasteiger partial charge on any atom is 0.341 e. The molecule has 1 aromatic heterocycles. The first-order valence-electron chi connectivity index (χ1n) is 10.6. The molecule has 0 unspecified atom stereocenters. The van der Waals surface area contributed by atoms with Gasteiger partial charge < -0.3 is 14.8 Å². The van der Waals surface area contributed by atoms with Gasteiger partial charge in [-0.2, -0.15) is 0 Å². The van der Waals surface area contributed by atoms with Gasteiger partial charge in [-0.25, -0.2) is 4.79 Å². The molecule has 0 atom stereocenters. The molecule has 3 rings (SSSR count). The van der Waals surface area contributed by atoms with Gasteiger partial charge in [-0.3, -0.25) is 10.1 Å². The topological polar surface area (TPSA) is 76.7 Å². The number of thiophene rings is 1. The van der Waals surface area contributed by atoms with Gasteiger partial charge in [-0.15, -0.1) is 11.3 Å². The van der Waals surface area contributed by atoms with E-state index in [1.165, 1.54) is 23.3 Å². The van der Waals surface area contributed by atoms with Gasteiger partial charge in [0.2, 0.25) is 0 Å². The molecule has 0 saturated carbocycles. The third kappa shape index (κ3) is 6.08. The Balaban J connectivity index is 1.75. The summed E-state index contributed by atoms with van der Waals surface area (Å²) in [5.41, 5.74) is 1.92. The van der Waals surface area contributed by atoms with E-state index in [9.17, 15) is 9.59 Å². The molecule has 2 N–H and O–H groups in total. The van der Waals surface area contributed by atoms with Crippen LogP contribution in [0.1, 0.15) is 64.3 Å². The number of esters is 1. The van der Waals surface area contributed by atoms with Gasteiger partial charge in [0, 0.05) is 9.35 Å². The molecular formula is C23H27BrN2O4S2. The lowest BCUT2D eigenvalue weighted by molar-refractivity contribution is 0.0601. The quantitative estimate of drug-likeness (QED) is 0.346. The maximum absolute atomic E-state index is 13.0. The van der Waals surface area contributed by atoms with Gasteiger partial charge in [0.25, 0.3) is 5.91 Å². The zero-order chi connectivity index (χ0) is 23.3. The number of carbonyl (C=O) groups excluding carboxylic acids is 2. The summed E-state index contributed by atoms with van der Waals surface area (Å²) in [6, 6.07) is 5.29. The SMILES string of the molecule is COC(=O)c1c(NC(=S)NC(=O)c2cc(Br)ccc2OCCC(C)C)sc2c1CCCC2. The summed E-state index contributed by atoms with van der Waals surface area (Å²) in [4.78, 5) is 26.5. The average molecular weight is 540 g/mol. The number of rotatable bonds is 7. The second kappa shape index (κ2) is 11.2. The minimum Gasteiger partial charge on any atom is -0.493 e. The lowest BCUT2D eigenvalue weighted by Gasteiger charge is -2.14. The maximum atomic E-state index is 13.0. The average Bonchev–Trinajstić information content (AvgIpc) is 3.11. The zero-order valence-corrected chi connectivity index (χ0v) is 21.6. The fourth-order valence-electron chi connectivity index (χ4n) is 3.49. The molecule has 0 fully saturated rings. The number of aryl methyl sites for hydroxylation is 1. The standard InChI is InChI=1S/C23H27BrN2O4S2/c1-13(2)10-11-30-17-9-8-14(24)12-16(17)20(27)25-23(31)26-21-19(22(28)29-3)15-6-4-5-7-18(15)32-21/h8-9,12-13H,4-7,10-11H2,1-3H3,(H2,25,26,27,31). The van der Waals surface area contributed by atoms with Crippen LogP contribution in [0.25, 0.3) is 0 Å². The highest BCUT2D eigenvalue weighted by atomic mass is 79.9. The van der Waals surface area contributed by atoms with Crippen LogP contribution in [-0.4, -0.2) is 30.7 Å². The van der Waals surface area contributed by atoms with Crippen LogP contribution in [0.15, 0.2) is 22.7 Å². The molecule has 0 spiro atoms. The molecule has 0 saturated heterocycles. The minimum atomic E-state index is -0.395. The van der Waals surface area contributed by atoms with Gasteiger partial charge in [-0.1, -0.05) is 29.8 Å². The van der Waals surface area contributed by atoms with Crippen LogP contribution in [0.5, 0.6) is 5.75 Å². The van der Waals surface area contributed by atoms with Crippen molar-refractivity contribution in [2.24, 2.45) is 5.92 Å². The monoisotopic (exact) mass is 538 g/mol. The lowest BCUT2D eigenvalue weighted by atomic mass is 9.95. The van der Waals surface area contributed by atoms with Crippen LogP contribution in [0.3, 0.4) is 0 Å². The predicted molar refractivity (Wildman–Crippen MR) is 135 cm³/mol. The third-order valence-electron chi connectivity index (χ3n) is 5.15. The van der Waals surface area contributed by atoms with Crippen LogP contribution in [0.2, 0.25) is 0 Å². The second-order valence-corrected chi connectivity index (χ2v) is 10.4. The van der Waals surface area contributed by atoms with Gasteiger partial charge in [0.1, 0.15) is 10.8 Å². The molecule has 1 heterocycles. The summed E-state index contributed by atoms with van der Waals surface area (Å²) < 4.78 is 11.6. The van der Waals surface area contributed by atoms with E-state index in [4.69, 9.17) is 21.7 Å². The lowest BCUT2D eigenvalue weighted by Crippen LogP contribution is -2.34. The van der Waals surface area contributed by atoms with Crippen molar-refractivity contribution in [1.29, 1.82) is 0 Å². The summed E-state index contributed by atoms with van der Waals surface area (Å²) in [6.07, 6.45) is 4.79. The van der Waals surface area contributed by atoms with E-state index in [1.54, 1.807) is 12.1 Å². The fraction of sp³-hybridized carbons (Fsp3) is 0.435. The van der Waals surface area contributed by atoms with Crippen molar-refractivity contribution in [3.8, 4) is 5.75 Å². The molecule has 6 nitrogen and oxygen atoms in total. The van der Waals surface area contributed by atoms with Crippen LogP contribution in [0.4, 0.5) is 5.00 Å². The van der Waals surface area contributed by atoms with Gasteiger partial charge in [0.15, 0.2) is 5.11 Å². The summed E-state index contributed by atoms with van der Waals surface area (Å²) >= 11 is 10.3. The van der Waals surface area contributed by atoms with E-state index >= 15 is 0 Å². The number of hydrogen-bond donors (Lipinski definition) is 2. The van der Waals surface area contributed by atoms with Crippen molar-refractivity contribution >= 4 is 61.5 Å². The second-order valence-electron chi connectivity index (χ2n) is 7.99. The van der Waals surface area contributed by atoms with Crippen LogP contribution < -0.4 is 15.4 Å². The Morgan fingerprint density at radius 3 is 2.72 bits per heavy atom. The highest BCUT2D eigenvalue weighted by molar-refractivity contribution is 9.10. The zero-order valence-electron chi connectivity index (χ0n) is 18.4. The Bertz CT molecular complexity index is 1020. The molecule has 1 amide bonds. The molecule has 0 radical (unpaired) electrons. The summed E-state index contributed by atoms with van der Waals surface area (Å²) in [6.45, 7) is 4.76.